The largest absolute Gasteiger partial charge is 0.331 e. The van der Waals surface area contributed by atoms with E-state index < -0.39 is 0 Å². The Labute approximate surface area is 96.0 Å². The molecule has 1 rings (SSSR count). The number of anilines is 1. The molecule has 0 radical (unpaired) electrons. The number of thiocarbonyl (C=S) groups is 1. The average Bonchev–Trinajstić information content (AvgIpc) is 2.17. The Morgan fingerprint density at radius 3 is 2.40 bits per heavy atom. The van der Waals surface area contributed by atoms with Crippen LogP contribution in [-0.2, 0) is 5.41 Å². The minimum atomic E-state index is 0.0772. The first-order chi connectivity index (χ1) is 6.95. The number of para-hydroxylation sites is 1. The molecule has 0 bridgehead atoms. The molecule has 4 N–H and O–H groups in total. The second-order valence-electron chi connectivity index (χ2n) is 4.39. The number of nitrogens with two attached hydrogens (primary N) is 1. The average molecular weight is 223 g/mol. The molecule has 0 fully saturated rings. The molecule has 0 aliphatic carbocycles. The second-order valence-corrected chi connectivity index (χ2v) is 4.80. The first kappa shape index (κ1) is 11.9. The van der Waals surface area contributed by atoms with E-state index in [4.69, 9.17) is 18.1 Å². The summed E-state index contributed by atoms with van der Waals surface area (Å²) in [7, 11) is 0. The molecular formula is C11H17N3S. The molecule has 4 heteroatoms. The maximum Gasteiger partial charge on any atom is 0.185 e. The summed E-state index contributed by atoms with van der Waals surface area (Å²) in [4.78, 5) is 0. The molecule has 15 heavy (non-hydrogen) atoms. The van der Waals surface area contributed by atoms with E-state index in [9.17, 15) is 0 Å². The third-order valence-corrected chi connectivity index (χ3v) is 2.33. The van der Waals surface area contributed by atoms with Crippen molar-refractivity contribution in [1.29, 1.82) is 0 Å². The van der Waals surface area contributed by atoms with Gasteiger partial charge in [0.15, 0.2) is 5.11 Å². The predicted molar refractivity (Wildman–Crippen MR) is 68.7 cm³/mol. The van der Waals surface area contributed by atoms with Gasteiger partial charge in [0.25, 0.3) is 0 Å². The topological polar surface area (TPSA) is 50.1 Å². The second kappa shape index (κ2) is 4.59. The van der Waals surface area contributed by atoms with Crippen LogP contribution in [0.4, 0.5) is 5.69 Å². The Hall–Kier alpha value is -1.13. The van der Waals surface area contributed by atoms with Crippen LogP contribution in [0.1, 0.15) is 26.3 Å². The van der Waals surface area contributed by atoms with Gasteiger partial charge in [0.1, 0.15) is 0 Å². The third-order valence-electron chi connectivity index (χ3n) is 2.11. The first-order valence-electron chi connectivity index (χ1n) is 4.82. The van der Waals surface area contributed by atoms with Gasteiger partial charge in [-0.1, -0.05) is 39.0 Å². The molecule has 82 valence electrons. The number of hydrogen-bond acceptors (Lipinski definition) is 2. The van der Waals surface area contributed by atoms with Gasteiger partial charge in [-0.3, -0.25) is 0 Å². The quantitative estimate of drug-likeness (QED) is 0.388. The van der Waals surface area contributed by atoms with E-state index in [1.807, 2.05) is 18.2 Å². The van der Waals surface area contributed by atoms with Crippen molar-refractivity contribution < 1.29 is 0 Å². The Morgan fingerprint density at radius 2 is 1.87 bits per heavy atom. The highest BCUT2D eigenvalue weighted by Crippen LogP contribution is 2.28. The summed E-state index contributed by atoms with van der Waals surface area (Å²) in [5.41, 5.74) is 4.69. The summed E-state index contributed by atoms with van der Waals surface area (Å²) >= 11 is 4.97. The summed E-state index contributed by atoms with van der Waals surface area (Å²) in [5, 5.41) is 3.48. The summed E-state index contributed by atoms with van der Waals surface area (Å²) in [6, 6.07) is 8.06. The van der Waals surface area contributed by atoms with Crippen molar-refractivity contribution in [3.63, 3.8) is 0 Å². The van der Waals surface area contributed by atoms with E-state index >= 15 is 0 Å². The lowest BCUT2D eigenvalue weighted by atomic mass is 9.86. The molecular weight excluding hydrogens is 206 g/mol. The van der Waals surface area contributed by atoms with Crippen LogP contribution in [0.2, 0.25) is 0 Å². The highest BCUT2D eigenvalue weighted by molar-refractivity contribution is 7.80. The lowest BCUT2D eigenvalue weighted by Crippen LogP contribution is -2.34. The monoisotopic (exact) mass is 223 g/mol. The fraction of sp³-hybridized carbons (Fsp3) is 0.364. The number of nitrogens with one attached hydrogen (secondary N) is 2. The SMILES string of the molecule is CC(C)(C)c1ccccc1NC(=S)NN. The molecule has 0 spiro atoms. The molecule has 0 aliphatic rings. The molecule has 3 nitrogen and oxygen atoms in total. The number of benzene rings is 1. The Morgan fingerprint density at radius 1 is 1.27 bits per heavy atom. The Kier molecular flexibility index (Phi) is 3.66. The van der Waals surface area contributed by atoms with Gasteiger partial charge >= 0.3 is 0 Å². The van der Waals surface area contributed by atoms with Crippen LogP contribution in [0.15, 0.2) is 24.3 Å². The zero-order chi connectivity index (χ0) is 11.5. The molecule has 1 aromatic rings. The van der Waals surface area contributed by atoms with Gasteiger partial charge in [-0.25, -0.2) is 5.84 Å². The zero-order valence-corrected chi connectivity index (χ0v) is 10.1. The van der Waals surface area contributed by atoms with Crippen molar-refractivity contribution in [1.82, 2.24) is 5.43 Å². The molecule has 0 aromatic heterocycles. The van der Waals surface area contributed by atoms with Gasteiger partial charge in [-0.15, -0.1) is 0 Å². The Balaban J connectivity index is 3.02. The zero-order valence-electron chi connectivity index (χ0n) is 9.29. The smallest absolute Gasteiger partial charge is 0.185 e. The van der Waals surface area contributed by atoms with Gasteiger partial charge in [0.2, 0.25) is 0 Å². The van der Waals surface area contributed by atoms with Gasteiger partial charge in [0.05, 0.1) is 0 Å². The highest BCUT2D eigenvalue weighted by Gasteiger charge is 2.17. The molecule has 0 amide bonds. The fourth-order valence-electron chi connectivity index (χ4n) is 1.40. The molecule has 0 atom stereocenters. The van der Waals surface area contributed by atoms with Crippen molar-refractivity contribution in [3.8, 4) is 0 Å². The van der Waals surface area contributed by atoms with Crippen LogP contribution in [0.3, 0.4) is 0 Å². The summed E-state index contributed by atoms with van der Waals surface area (Å²) in [6.45, 7) is 6.48. The summed E-state index contributed by atoms with van der Waals surface area (Å²) in [5.74, 6) is 5.23. The van der Waals surface area contributed by atoms with E-state index in [1.165, 1.54) is 5.56 Å². The predicted octanol–water partition coefficient (Wildman–Crippen LogP) is 2.14. The van der Waals surface area contributed by atoms with Gasteiger partial charge in [0, 0.05) is 5.69 Å². The molecule has 0 heterocycles. The van der Waals surface area contributed by atoms with Crippen LogP contribution in [0.25, 0.3) is 0 Å². The van der Waals surface area contributed by atoms with Gasteiger partial charge in [-0.2, -0.15) is 0 Å². The van der Waals surface area contributed by atoms with Crippen molar-refractivity contribution in [3.05, 3.63) is 29.8 Å². The summed E-state index contributed by atoms with van der Waals surface area (Å²) in [6.07, 6.45) is 0. The fourth-order valence-corrected chi connectivity index (χ4v) is 1.51. The van der Waals surface area contributed by atoms with E-state index in [2.05, 4.69) is 37.6 Å². The van der Waals surface area contributed by atoms with Crippen LogP contribution in [0.5, 0.6) is 0 Å². The van der Waals surface area contributed by atoms with Gasteiger partial charge < -0.3 is 10.7 Å². The highest BCUT2D eigenvalue weighted by atomic mass is 32.1. The van der Waals surface area contributed by atoms with E-state index in [0.717, 1.165) is 5.69 Å². The molecule has 0 saturated carbocycles. The van der Waals surface area contributed by atoms with Gasteiger partial charge in [-0.05, 0) is 29.3 Å². The third kappa shape index (κ3) is 3.18. The minimum absolute atomic E-state index is 0.0772. The van der Waals surface area contributed by atoms with Crippen molar-refractivity contribution in [2.45, 2.75) is 26.2 Å². The van der Waals surface area contributed by atoms with E-state index in [0.29, 0.717) is 5.11 Å². The van der Waals surface area contributed by atoms with Crippen LogP contribution >= 0.6 is 12.2 Å². The van der Waals surface area contributed by atoms with E-state index in [-0.39, 0.29) is 5.41 Å². The maximum absolute atomic E-state index is 5.23. The minimum Gasteiger partial charge on any atom is -0.331 e. The van der Waals surface area contributed by atoms with Crippen molar-refractivity contribution >= 4 is 23.0 Å². The van der Waals surface area contributed by atoms with Crippen LogP contribution in [-0.4, -0.2) is 5.11 Å². The van der Waals surface area contributed by atoms with Crippen LogP contribution < -0.4 is 16.6 Å². The maximum atomic E-state index is 5.23. The molecule has 0 unspecified atom stereocenters. The number of rotatable bonds is 1. The van der Waals surface area contributed by atoms with E-state index in [1.54, 1.807) is 0 Å². The summed E-state index contributed by atoms with van der Waals surface area (Å²) < 4.78 is 0. The molecule has 1 aromatic carbocycles. The lowest BCUT2D eigenvalue weighted by molar-refractivity contribution is 0.592. The first-order valence-corrected chi connectivity index (χ1v) is 5.23. The standard InChI is InChI=1S/C11H17N3S/c1-11(2,3)8-6-4-5-7-9(8)13-10(15)14-12/h4-7H,12H2,1-3H3,(H2,13,14,15). The molecule has 0 saturated heterocycles. The van der Waals surface area contributed by atoms with Crippen molar-refractivity contribution in [2.24, 2.45) is 5.84 Å². The number of hydrazine groups is 1. The van der Waals surface area contributed by atoms with Crippen molar-refractivity contribution in [2.75, 3.05) is 5.32 Å². The lowest BCUT2D eigenvalue weighted by Gasteiger charge is -2.23. The number of hydrogen-bond donors (Lipinski definition) is 3. The Bertz CT molecular complexity index is 355. The normalized spacial score (nSPS) is 10.9. The van der Waals surface area contributed by atoms with Crippen LogP contribution in [0, 0.1) is 0 Å². The molecule has 0 aliphatic heterocycles.